The van der Waals surface area contributed by atoms with E-state index in [-0.39, 0.29) is 0 Å². The molecule has 0 atom stereocenters. The summed E-state index contributed by atoms with van der Waals surface area (Å²) >= 11 is 0. The monoisotopic (exact) mass is 334 g/mol. The molecule has 1 N–H and O–H groups in total. The summed E-state index contributed by atoms with van der Waals surface area (Å²) in [6.45, 7) is 3.63. The van der Waals surface area contributed by atoms with Gasteiger partial charge in [0, 0.05) is 27.2 Å². The van der Waals surface area contributed by atoms with E-state index in [1.54, 1.807) is 6.07 Å². The Morgan fingerprint density at radius 2 is 1.78 bits per heavy atom. The molecule has 0 unspecified atom stereocenters. The van der Waals surface area contributed by atoms with Crippen molar-refractivity contribution in [1.82, 2.24) is 9.29 Å². The van der Waals surface area contributed by atoms with Gasteiger partial charge in [0.2, 0.25) is 0 Å². The standard InChI is InChI=1S/C16H22N4O2S/c1-4-20(13-14-8-6-5-7-9-14)16-11-10-15(12-17-16)18-23(21,22)19(2)3/h5-12,18H,4,13H2,1-3H3. The van der Waals surface area contributed by atoms with Crippen LogP contribution in [0, 0.1) is 0 Å². The van der Waals surface area contributed by atoms with E-state index >= 15 is 0 Å². The number of hydrogen-bond acceptors (Lipinski definition) is 4. The zero-order valence-electron chi connectivity index (χ0n) is 13.6. The van der Waals surface area contributed by atoms with Gasteiger partial charge in [0.1, 0.15) is 5.82 Å². The Bertz CT molecular complexity index is 716. The second kappa shape index (κ2) is 7.43. The molecule has 1 aromatic carbocycles. The van der Waals surface area contributed by atoms with Gasteiger partial charge in [0.25, 0.3) is 0 Å². The normalized spacial score (nSPS) is 11.5. The minimum absolute atomic E-state index is 0.443. The summed E-state index contributed by atoms with van der Waals surface area (Å²) in [6, 6.07) is 13.7. The van der Waals surface area contributed by atoms with Crippen LogP contribution in [-0.2, 0) is 16.8 Å². The fraction of sp³-hybridized carbons (Fsp3) is 0.312. The first-order valence-electron chi connectivity index (χ1n) is 7.37. The lowest BCUT2D eigenvalue weighted by atomic mass is 10.2. The topological polar surface area (TPSA) is 65.5 Å². The highest BCUT2D eigenvalue weighted by Crippen LogP contribution is 2.17. The van der Waals surface area contributed by atoms with E-state index in [1.807, 2.05) is 24.3 Å². The smallest absolute Gasteiger partial charge is 0.301 e. The number of hydrogen-bond donors (Lipinski definition) is 1. The molecule has 0 aliphatic heterocycles. The fourth-order valence-corrected chi connectivity index (χ4v) is 2.63. The van der Waals surface area contributed by atoms with Gasteiger partial charge >= 0.3 is 10.2 Å². The molecule has 0 saturated carbocycles. The minimum atomic E-state index is -3.51. The maximum Gasteiger partial charge on any atom is 0.301 e. The lowest BCUT2D eigenvalue weighted by Crippen LogP contribution is -2.29. The Morgan fingerprint density at radius 1 is 1.09 bits per heavy atom. The van der Waals surface area contributed by atoms with Gasteiger partial charge in [0.05, 0.1) is 11.9 Å². The van der Waals surface area contributed by atoms with Crippen LogP contribution in [0.3, 0.4) is 0 Å². The van der Waals surface area contributed by atoms with Crippen LogP contribution in [0.25, 0.3) is 0 Å². The van der Waals surface area contributed by atoms with Crippen molar-refractivity contribution in [3.05, 3.63) is 54.2 Å². The summed E-state index contributed by atoms with van der Waals surface area (Å²) in [4.78, 5) is 6.49. The Morgan fingerprint density at radius 3 is 2.30 bits per heavy atom. The van der Waals surface area contributed by atoms with Crippen molar-refractivity contribution in [3.63, 3.8) is 0 Å². The molecule has 0 fully saturated rings. The van der Waals surface area contributed by atoms with E-state index < -0.39 is 10.2 Å². The van der Waals surface area contributed by atoms with Gasteiger partial charge in [0.15, 0.2) is 0 Å². The molecule has 23 heavy (non-hydrogen) atoms. The predicted molar refractivity (Wildman–Crippen MR) is 93.6 cm³/mol. The summed E-state index contributed by atoms with van der Waals surface area (Å²) in [5, 5.41) is 0. The van der Waals surface area contributed by atoms with Crippen molar-refractivity contribution in [2.45, 2.75) is 13.5 Å². The number of benzene rings is 1. The van der Waals surface area contributed by atoms with E-state index in [1.165, 1.54) is 25.9 Å². The van der Waals surface area contributed by atoms with E-state index in [0.717, 1.165) is 23.2 Å². The maximum absolute atomic E-state index is 11.8. The summed E-state index contributed by atoms with van der Waals surface area (Å²) in [7, 11) is -0.559. The summed E-state index contributed by atoms with van der Waals surface area (Å²) in [6.07, 6.45) is 1.53. The Balaban J connectivity index is 2.11. The molecule has 0 amide bonds. The highest BCUT2D eigenvalue weighted by molar-refractivity contribution is 7.90. The van der Waals surface area contributed by atoms with Crippen LogP contribution in [-0.4, -0.2) is 38.3 Å². The van der Waals surface area contributed by atoms with Crippen molar-refractivity contribution >= 4 is 21.7 Å². The number of aromatic nitrogens is 1. The predicted octanol–water partition coefficient (Wildman–Crippen LogP) is 2.33. The molecule has 0 radical (unpaired) electrons. The lowest BCUT2D eigenvalue weighted by molar-refractivity contribution is 0.527. The SMILES string of the molecule is CCN(Cc1ccccc1)c1ccc(NS(=O)(=O)N(C)C)cn1. The first kappa shape index (κ1) is 17.2. The third kappa shape index (κ3) is 4.67. The summed E-state index contributed by atoms with van der Waals surface area (Å²) < 4.78 is 27.2. The molecule has 1 heterocycles. The zero-order valence-corrected chi connectivity index (χ0v) is 14.4. The maximum atomic E-state index is 11.8. The molecule has 1 aromatic heterocycles. The number of pyridine rings is 1. The third-order valence-electron chi connectivity index (χ3n) is 3.40. The average molecular weight is 334 g/mol. The van der Waals surface area contributed by atoms with Crippen molar-refractivity contribution in [2.24, 2.45) is 0 Å². The molecular weight excluding hydrogens is 312 g/mol. The first-order chi connectivity index (χ1) is 10.9. The molecular formula is C16H22N4O2S. The molecule has 0 aliphatic rings. The Hall–Kier alpha value is -2.12. The fourth-order valence-electron chi connectivity index (χ4n) is 2.03. The van der Waals surface area contributed by atoms with Crippen LogP contribution >= 0.6 is 0 Å². The third-order valence-corrected chi connectivity index (χ3v) is 4.85. The van der Waals surface area contributed by atoms with Gasteiger partial charge in [-0.1, -0.05) is 30.3 Å². The molecule has 0 aliphatic carbocycles. The Kier molecular flexibility index (Phi) is 5.57. The number of nitrogens with zero attached hydrogens (tertiary/aromatic N) is 3. The van der Waals surface area contributed by atoms with Crippen LogP contribution in [0.2, 0.25) is 0 Å². The zero-order chi connectivity index (χ0) is 16.9. The molecule has 2 aromatic rings. The van der Waals surface area contributed by atoms with Gasteiger partial charge in [-0.2, -0.15) is 12.7 Å². The van der Waals surface area contributed by atoms with Gasteiger partial charge in [-0.3, -0.25) is 4.72 Å². The molecule has 124 valence electrons. The number of nitrogens with one attached hydrogen (secondary N) is 1. The van der Waals surface area contributed by atoms with Crippen LogP contribution in [0.4, 0.5) is 11.5 Å². The van der Waals surface area contributed by atoms with Gasteiger partial charge in [-0.25, -0.2) is 4.98 Å². The summed E-state index contributed by atoms with van der Waals surface area (Å²) in [5.74, 6) is 0.809. The molecule has 6 nitrogen and oxygen atoms in total. The molecule has 2 rings (SSSR count). The number of anilines is 2. The Labute approximate surface area is 137 Å². The number of rotatable bonds is 7. The molecule has 0 saturated heterocycles. The molecule has 0 spiro atoms. The van der Waals surface area contributed by atoms with E-state index in [2.05, 4.69) is 33.7 Å². The highest BCUT2D eigenvalue weighted by atomic mass is 32.2. The van der Waals surface area contributed by atoms with Crippen LogP contribution in [0.15, 0.2) is 48.7 Å². The second-order valence-electron chi connectivity index (χ2n) is 5.29. The quantitative estimate of drug-likeness (QED) is 0.844. The van der Waals surface area contributed by atoms with Gasteiger partial charge in [-0.05, 0) is 24.6 Å². The van der Waals surface area contributed by atoms with Crippen LogP contribution in [0.1, 0.15) is 12.5 Å². The van der Waals surface area contributed by atoms with Crippen molar-refractivity contribution in [2.75, 3.05) is 30.3 Å². The molecule has 0 bridgehead atoms. The largest absolute Gasteiger partial charge is 0.353 e. The van der Waals surface area contributed by atoms with Crippen molar-refractivity contribution in [1.29, 1.82) is 0 Å². The average Bonchev–Trinajstić information content (AvgIpc) is 2.54. The summed E-state index contributed by atoms with van der Waals surface area (Å²) in [5.41, 5.74) is 1.65. The first-order valence-corrected chi connectivity index (χ1v) is 8.81. The van der Waals surface area contributed by atoms with Crippen LogP contribution in [0.5, 0.6) is 0 Å². The second-order valence-corrected chi connectivity index (χ2v) is 7.18. The van der Waals surface area contributed by atoms with E-state index in [9.17, 15) is 8.42 Å². The van der Waals surface area contributed by atoms with E-state index in [0.29, 0.717) is 5.69 Å². The van der Waals surface area contributed by atoms with Gasteiger partial charge in [-0.15, -0.1) is 0 Å². The van der Waals surface area contributed by atoms with Crippen molar-refractivity contribution < 1.29 is 8.42 Å². The van der Waals surface area contributed by atoms with Crippen molar-refractivity contribution in [3.8, 4) is 0 Å². The minimum Gasteiger partial charge on any atom is -0.353 e. The lowest BCUT2D eigenvalue weighted by Gasteiger charge is -2.22. The van der Waals surface area contributed by atoms with Crippen LogP contribution < -0.4 is 9.62 Å². The highest BCUT2D eigenvalue weighted by Gasteiger charge is 2.13. The molecule has 7 heteroatoms. The van der Waals surface area contributed by atoms with Gasteiger partial charge < -0.3 is 4.90 Å². The van der Waals surface area contributed by atoms with E-state index in [4.69, 9.17) is 0 Å².